The van der Waals surface area contributed by atoms with Crippen molar-refractivity contribution < 1.29 is 10.2 Å². The van der Waals surface area contributed by atoms with Crippen LogP contribution in [-0.2, 0) is 0 Å². The molecule has 8 heteroatoms. The van der Waals surface area contributed by atoms with Crippen LogP contribution in [0.4, 0.5) is 0 Å². The van der Waals surface area contributed by atoms with Crippen LogP contribution < -0.4 is 20.6 Å². The quantitative estimate of drug-likeness (QED) is 0.130. The molecule has 1 unspecified atom stereocenters. The highest BCUT2D eigenvalue weighted by atomic mass is 33.1. The molecule has 1 aliphatic rings. The summed E-state index contributed by atoms with van der Waals surface area (Å²) in [7, 11) is 2.87. The number of hydrogen-bond donors (Lipinski definition) is 2. The lowest BCUT2D eigenvalue weighted by molar-refractivity contribution is 0.481. The van der Waals surface area contributed by atoms with Gasteiger partial charge in [-0.15, -0.1) is 22.7 Å². The number of benzene rings is 2. The third-order valence-electron chi connectivity index (χ3n) is 5.91. The van der Waals surface area contributed by atoms with E-state index >= 15 is 0 Å². The summed E-state index contributed by atoms with van der Waals surface area (Å²) in [6.07, 6.45) is 8.06. The van der Waals surface area contributed by atoms with Crippen LogP contribution in [0, 0.1) is 5.92 Å². The Morgan fingerprint density at radius 1 is 1.17 bits per heavy atom. The molecule has 4 aromatic rings. The van der Waals surface area contributed by atoms with Crippen molar-refractivity contribution in [3.05, 3.63) is 89.7 Å². The third-order valence-corrected chi connectivity index (χ3v) is 10.5. The van der Waals surface area contributed by atoms with E-state index in [0.29, 0.717) is 42.8 Å². The summed E-state index contributed by atoms with van der Waals surface area (Å²) >= 11 is 2.80. The van der Waals surface area contributed by atoms with Gasteiger partial charge in [0, 0.05) is 41.4 Å². The summed E-state index contributed by atoms with van der Waals surface area (Å²) in [4.78, 5) is 27.2. The fourth-order valence-electron chi connectivity index (χ4n) is 4.12. The van der Waals surface area contributed by atoms with Gasteiger partial charge in [-0.05, 0) is 42.7 Å². The molecule has 1 aliphatic carbocycles. The number of aliphatic hydroxyl groups excluding tert-OH is 1. The summed E-state index contributed by atoms with van der Waals surface area (Å²) in [6.45, 7) is 5.88. The van der Waals surface area contributed by atoms with Gasteiger partial charge in [-0.3, -0.25) is 9.59 Å². The van der Waals surface area contributed by atoms with Crippen LogP contribution in [0.25, 0.3) is 44.2 Å². The predicted molar refractivity (Wildman–Crippen MR) is 159 cm³/mol. The minimum Gasteiger partial charge on any atom is -0.507 e. The predicted octanol–water partition coefficient (Wildman–Crippen LogP) is 6.13. The van der Waals surface area contributed by atoms with Gasteiger partial charge in [-0.25, -0.2) is 0 Å². The first-order chi connectivity index (χ1) is 17.4. The molecular formula is C28H22O4S4. The Morgan fingerprint density at radius 3 is 2.78 bits per heavy atom. The zero-order valence-corrected chi connectivity index (χ0v) is 22.6. The van der Waals surface area contributed by atoms with Crippen molar-refractivity contribution in [2.45, 2.75) is 18.2 Å². The van der Waals surface area contributed by atoms with Crippen molar-refractivity contribution in [3.63, 3.8) is 0 Å². The van der Waals surface area contributed by atoms with E-state index in [4.69, 9.17) is 0 Å². The molecule has 0 spiro atoms. The highest BCUT2D eigenvalue weighted by molar-refractivity contribution is 8.76. The minimum atomic E-state index is -0.104. The van der Waals surface area contributed by atoms with Crippen LogP contribution >= 0.6 is 44.3 Å². The maximum atomic E-state index is 13.0. The molecule has 0 radical (unpaired) electrons. The van der Waals surface area contributed by atoms with E-state index in [2.05, 4.69) is 19.6 Å². The minimum absolute atomic E-state index is 0.0472. The fourth-order valence-corrected chi connectivity index (χ4v) is 8.32. The highest BCUT2D eigenvalue weighted by Gasteiger charge is 2.15. The van der Waals surface area contributed by atoms with Crippen molar-refractivity contribution in [1.29, 1.82) is 0 Å². The number of rotatable bonds is 6. The molecule has 0 saturated heterocycles. The van der Waals surface area contributed by atoms with E-state index < -0.39 is 0 Å². The van der Waals surface area contributed by atoms with Crippen LogP contribution in [0.1, 0.15) is 23.8 Å². The lowest BCUT2D eigenvalue weighted by Crippen LogP contribution is -2.41. The molecule has 4 nitrogen and oxygen atoms in total. The molecule has 2 N–H and O–H groups in total. The lowest BCUT2D eigenvalue weighted by atomic mass is 10.0. The van der Waals surface area contributed by atoms with Gasteiger partial charge in [-0.2, -0.15) is 0 Å². The first-order valence-electron chi connectivity index (χ1n) is 11.3. The molecule has 1 atom stereocenters. The van der Waals surface area contributed by atoms with Crippen molar-refractivity contribution in [3.8, 4) is 5.75 Å². The smallest absolute Gasteiger partial charge is 0.196 e. The first-order valence-corrected chi connectivity index (χ1v) is 15.2. The van der Waals surface area contributed by atoms with Crippen LogP contribution in [0.2, 0.25) is 0 Å². The van der Waals surface area contributed by atoms with Gasteiger partial charge in [0.2, 0.25) is 0 Å². The molecule has 2 heterocycles. The third kappa shape index (κ3) is 4.66. The number of hydrogen-bond acceptors (Lipinski definition) is 8. The second-order valence-electron chi connectivity index (χ2n) is 8.44. The van der Waals surface area contributed by atoms with Gasteiger partial charge >= 0.3 is 0 Å². The molecule has 182 valence electrons. The van der Waals surface area contributed by atoms with Gasteiger partial charge in [0.25, 0.3) is 0 Å². The monoisotopic (exact) mass is 550 g/mol. The number of aromatic hydroxyl groups is 1. The Bertz CT molecular complexity index is 1800. The summed E-state index contributed by atoms with van der Waals surface area (Å²) in [5.41, 5.74) is 0.218. The maximum absolute atomic E-state index is 13.0. The number of fused-ring (bicyclic) bond motifs is 3. The topological polar surface area (TPSA) is 74.6 Å². The Morgan fingerprint density at radius 2 is 1.97 bits per heavy atom. The number of phenolic OH excluding ortho intramolecular Hbond substituents is 1. The molecular weight excluding hydrogens is 529 g/mol. The average Bonchev–Trinajstić information content (AvgIpc) is 2.87. The van der Waals surface area contributed by atoms with E-state index in [1.54, 1.807) is 24.3 Å². The largest absolute Gasteiger partial charge is 0.507 e. The molecule has 0 aliphatic heterocycles. The zero-order valence-electron chi connectivity index (χ0n) is 19.3. The van der Waals surface area contributed by atoms with Crippen molar-refractivity contribution >= 4 is 88.4 Å². The zero-order chi connectivity index (χ0) is 25.4. The molecule has 0 amide bonds. The number of aliphatic hydroxyl groups is 1. The Kier molecular flexibility index (Phi) is 7.12. The Balaban J connectivity index is 1.39. The first kappa shape index (κ1) is 24.9. The van der Waals surface area contributed by atoms with Gasteiger partial charge < -0.3 is 10.2 Å². The molecule has 2 aromatic carbocycles. The summed E-state index contributed by atoms with van der Waals surface area (Å²) in [6, 6.07) is 10.9. The van der Waals surface area contributed by atoms with E-state index in [-0.39, 0.29) is 22.4 Å². The molecule has 0 fully saturated rings. The highest BCUT2D eigenvalue weighted by Crippen LogP contribution is 2.39. The fraction of sp³-hybridized carbons (Fsp3) is 0.143. The van der Waals surface area contributed by atoms with Crippen molar-refractivity contribution in [2.24, 2.45) is 5.92 Å². The number of phenols is 1. The second kappa shape index (κ2) is 10.3. The van der Waals surface area contributed by atoms with Gasteiger partial charge in [0.05, 0.1) is 9.58 Å². The summed E-state index contributed by atoms with van der Waals surface area (Å²) in [5, 5.41) is 23.2. The summed E-state index contributed by atoms with van der Waals surface area (Å²) < 4.78 is 2.30. The van der Waals surface area contributed by atoms with Crippen LogP contribution in [0.5, 0.6) is 5.75 Å². The Labute approximate surface area is 223 Å². The SMILES string of the molecule is C=Cc1c(/C(O)=C\CSSc2cc(O)c3sc4ccccc4c(=O)c3c2)sc2c(c1=O)=CCC(C)C=2. The van der Waals surface area contributed by atoms with Crippen LogP contribution in [-0.4, -0.2) is 16.0 Å². The molecule has 36 heavy (non-hydrogen) atoms. The normalized spacial score (nSPS) is 15.4. The molecule has 0 bridgehead atoms. The maximum Gasteiger partial charge on any atom is 0.196 e. The molecule has 5 rings (SSSR count). The van der Waals surface area contributed by atoms with Gasteiger partial charge in [0.15, 0.2) is 10.9 Å². The van der Waals surface area contributed by atoms with Gasteiger partial charge in [-0.1, -0.05) is 65.5 Å². The van der Waals surface area contributed by atoms with E-state index in [1.807, 2.05) is 24.3 Å². The summed E-state index contributed by atoms with van der Waals surface area (Å²) in [5.74, 6) is 0.936. The molecule has 2 aromatic heterocycles. The van der Waals surface area contributed by atoms with E-state index in [9.17, 15) is 19.8 Å². The van der Waals surface area contributed by atoms with Crippen molar-refractivity contribution in [2.75, 3.05) is 5.75 Å². The molecule has 0 saturated carbocycles. The Hall–Kier alpha value is -2.78. The average molecular weight is 551 g/mol. The van der Waals surface area contributed by atoms with E-state index in [0.717, 1.165) is 20.5 Å². The second-order valence-corrected chi connectivity index (χ2v) is 13.0. The van der Waals surface area contributed by atoms with Crippen LogP contribution in [0.3, 0.4) is 0 Å². The van der Waals surface area contributed by atoms with Crippen molar-refractivity contribution in [1.82, 2.24) is 0 Å². The standard InChI is InChI=1S/C28H22O4S4/c1-3-17-25(31)19-9-8-15(2)12-24(19)35-27(17)21(29)10-11-33-36-16-13-20-26(32)18-6-4-5-7-23(18)34-28(20)22(30)14-16/h3-7,9-10,12-15,29-30H,1,8,11H2,2H3/b21-10+. The lowest BCUT2D eigenvalue weighted by Gasteiger charge is -2.10. The van der Waals surface area contributed by atoms with Crippen LogP contribution in [0.15, 0.2) is 63.5 Å². The van der Waals surface area contributed by atoms with E-state index in [1.165, 1.54) is 50.3 Å². The van der Waals surface area contributed by atoms with Gasteiger partial charge in [0.1, 0.15) is 11.5 Å².